The molecule has 0 aliphatic rings. The van der Waals surface area contributed by atoms with Crippen molar-refractivity contribution in [3.8, 4) is 78.8 Å². The Labute approximate surface area is 324 Å². The number of nitrogens with zero attached hydrogens (tertiary/aromatic N) is 5. The van der Waals surface area contributed by atoms with E-state index in [2.05, 4.69) is 181 Å². The lowest BCUT2D eigenvalue weighted by atomic mass is 10.0. The van der Waals surface area contributed by atoms with Gasteiger partial charge in [0.05, 0.1) is 16.7 Å². The normalized spacial score (nSPS) is 11.2. The molecule has 0 fully saturated rings. The zero-order valence-corrected chi connectivity index (χ0v) is 30.3. The number of hydrogen-bond acceptors (Lipinski definition) is 5. The van der Waals surface area contributed by atoms with Gasteiger partial charge in [-0.3, -0.25) is 4.98 Å². The lowest BCUT2D eigenvalue weighted by molar-refractivity contribution is 1.07. The molecule has 0 spiro atoms. The Balaban J connectivity index is 0.968. The van der Waals surface area contributed by atoms with E-state index in [0.717, 1.165) is 72.0 Å². The molecule has 0 radical (unpaired) electrons. The van der Waals surface area contributed by atoms with Crippen molar-refractivity contribution in [1.29, 1.82) is 0 Å². The van der Waals surface area contributed by atoms with Crippen molar-refractivity contribution in [2.75, 3.05) is 0 Å². The fourth-order valence-corrected chi connectivity index (χ4v) is 7.18. The van der Waals surface area contributed by atoms with Crippen LogP contribution in [-0.4, -0.2) is 24.9 Å². The molecule has 0 N–H and O–H groups in total. The Morgan fingerprint density at radius 3 is 1.04 bits per heavy atom. The maximum absolute atomic E-state index is 5.03. The van der Waals surface area contributed by atoms with Crippen LogP contribution in [0.4, 0.5) is 0 Å². The van der Waals surface area contributed by atoms with Crippen molar-refractivity contribution in [1.82, 2.24) is 24.9 Å². The second-order valence-electron chi connectivity index (χ2n) is 13.8. The Morgan fingerprint density at radius 1 is 0.232 bits per heavy atom. The molecular weight excluding hydrogens is 683 g/mol. The van der Waals surface area contributed by atoms with Gasteiger partial charge in [-0.1, -0.05) is 182 Å². The average molecular weight is 716 g/mol. The standard InChI is InChI=1S/C51H33N5/c1-3-8-34(9-4-1)36-15-25-43(26-16-36)49-54-50(44-27-17-37(18-28-44)35-10-5-2-6-11-35)56-51(55-49)45-29-19-39(20-30-45)38-13-21-40(22-14-38)46-32-31-42-24-23-41-12-7-33-52-47(41)48(42)53-46/h1-33H. The van der Waals surface area contributed by atoms with Crippen molar-refractivity contribution in [3.05, 3.63) is 200 Å². The molecule has 7 aromatic carbocycles. The monoisotopic (exact) mass is 715 g/mol. The summed E-state index contributed by atoms with van der Waals surface area (Å²) in [5.74, 6) is 1.88. The minimum Gasteiger partial charge on any atom is -0.254 e. The Morgan fingerprint density at radius 2 is 0.589 bits per heavy atom. The molecule has 0 saturated carbocycles. The maximum Gasteiger partial charge on any atom is 0.164 e. The molecule has 10 rings (SSSR count). The average Bonchev–Trinajstić information content (AvgIpc) is 3.29. The third kappa shape index (κ3) is 6.48. The fraction of sp³-hybridized carbons (Fsp3) is 0. The summed E-state index contributed by atoms with van der Waals surface area (Å²) < 4.78 is 0. The van der Waals surface area contributed by atoms with Gasteiger partial charge in [-0.05, 0) is 45.5 Å². The molecule has 0 unspecified atom stereocenters. The van der Waals surface area contributed by atoms with Crippen LogP contribution >= 0.6 is 0 Å². The number of hydrogen-bond donors (Lipinski definition) is 0. The van der Waals surface area contributed by atoms with Crippen molar-refractivity contribution in [2.24, 2.45) is 0 Å². The molecule has 10 aromatic rings. The van der Waals surface area contributed by atoms with E-state index in [1.54, 1.807) is 0 Å². The van der Waals surface area contributed by atoms with Crippen LogP contribution in [-0.2, 0) is 0 Å². The first-order valence-corrected chi connectivity index (χ1v) is 18.7. The van der Waals surface area contributed by atoms with E-state index in [9.17, 15) is 0 Å². The molecule has 5 nitrogen and oxygen atoms in total. The number of pyridine rings is 2. The molecular formula is C51H33N5. The van der Waals surface area contributed by atoms with Gasteiger partial charge in [-0.2, -0.15) is 0 Å². The van der Waals surface area contributed by atoms with Crippen LogP contribution in [0.2, 0.25) is 0 Å². The van der Waals surface area contributed by atoms with E-state index in [1.807, 2.05) is 24.4 Å². The van der Waals surface area contributed by atoms with Gasteiger partial charge in [-0.15, -0.1) is 0 Å². The molecule has 0 bridgehead atoms. The lowest BCUT2D eigenvalue weighted by Crippen LogP contribution is -2.00. The summed E-state index contributed by atoms with van der Waals surface area (Å²) in [5.41, 5.74) is 13.4. The number of rotatable bonds is 7. The van der Waals surface area contributed by atoms with E-state index in [-0.39, 0.29) is 0 Å². The molecule has 0 atom stereocenters. The molecule has 0 aliphatic heterocycles. The minimum atomic E-state index is 0.621. The number of benzene rings is 7. The summed E-state index contributed by atoms with van der Waals surface area (Å²) in [6.07, 6.45) is 1.82. The second-order valence-corrected chi connectivity index (χ2v) is 13.8. The van der Waals surface area contributed by atoms with Gasteiger partial charge in [0.2, 0.25) is 0 Å². The summed E-state index contributed by atoms with van der Waals surface area (Å²) in [7, 11) is 0. The first-order valence-electron chi connectivity index (χ1n) is 18.7. The minimum absolute atomic E-state index is 0.621. The molecule has 0 amide bonds. The summed E-state index contributed by atoms with van der Waals surface area (Å²) in [6.45, 7) is 0. The van der Waals surface area contributed by atoms with Crippen molar-refractivity contribution < 1.29 is 0 Å². The summed E-state index contributed by atoms with van der Waals surface area (Å²) in [5, 5.41) is 2.17. The highest BCUT2D eigenvalue weighted by Gasteiger charge is 2.14. The zero-order valence-electron chi connectivity index (χ0n) is 30.3. The van der Waals surface area contributed by atoms with Gasteiger partial charge in [-0.25, -0.2) is 19.9 Å². The first kappa shape index (κ1) is 33.0. The van der Waals surface area contributed by atoms with Crippen molar-refractivity contribution >= 4 is 21.8 Å². The van der Waals surface area contributed by atoms with Gasteiger partial charge < -0.3 is 0 Å². The molecule has 3 heterocycles. The third-order valence-corrected chi connectivity index (χ3v) is 10.2. The Bertz CT molecular complexity index is 2860. The molecule has 0 saturated heterocycles. The van der Waals surface area contributed by atoms with E-state index < -0.39 is 0 Å². The van der Waals surface area contributed by atoms with Crippen LogP contribution in [0.15, 0.2) is 200 Å². The van der Waals surface area contributed by atoms with Gasteiger partial charge in [0.25, 0.3) is 0 Å². The van der Waals surface area contributed by atoms with Crippen LogP contribution in [0.5, 0.6) is 0 Å². The summed E-state index contributed by atoms with van der Waals surface area (Å²) >= 11 is 0. The van der Waals surface area contributed by atoms with E-state index >= 15 is 0 Å². The number of fused-ring (bicyclic) bond motifs is 3. The van der Waals surface area contributed by atoms with Gasteiger partial charge in [0, 0.05) is 39.2 Å². The Kier molecular flexibility index (Phi) is 8.43. The van der Waals surface area contributed by atoms with Crippen LogP contribution in [0.1, 0.15) is 0 Å². The summed E-state index contributed by atoms with van der Waals surface area (Å²) in [6, 6.07) is 67.0. The van der Waals surface area contributed by atoms with Crippen LogP contribution < -0.4 is 0 Å². The predicted octanol–water partition coefficient (Wildman–Crippen LogP) is 12.6. The summed E-state index contributed by atoms with van der Waals surface area (Å²) in [4.78, 5) is 24.7. The molecule has 56 heavy (non-hydrogen) atoms. The SMILES string of the molecule is c1ccc(-c2ccc(-c3nc(-c4ccc(-c5ccccc5)cc4)nc(-c4ccc(-c5ccc(-c6ccc7ccc8cccnc8c7n6)cc5)cc4)n3)cc2)cc1. The smallest absolute Gasteiger partial charge is 0.164 e. The van der Waals surface area contributed by atoms with E-state index in [0.29, 0.717) is 17.5 Å². The van der Waals surface area contributed by atoms with Crippen molar-refractivity contribution in [2.45, 2.75) is 0 Å². The zero-order chi connectivity index (χ0) is 37.3. The van der Waals surface area contributed by atoms with Gasteiger partial charge >= 0.3 is 0 Å². The number of aromatic nitrogens is 5. The third-order valence-electron chi connectivity index (χ3n) is 10.2. The van der Waals surface area contributed by atoms with Gasteiger partial charge in [0.1, 0.15) is 0 Å². The van der Waals surface area contributed by atoms with Crippen molar-refractivity contribution in [3.63, 3.8) is 0 Å². The Hall–Kier alpha value is -7.63. The van der Waals surface area contributed by atoms with Gasteiger partial charge in [0.15, 0.2) is 17.5 Å². The first-order chi connectivity index (χ1) is 27.7. The topological polar surface area (TPSA) is 64.5 Å². The highest BCUT2D eigenvalue weighted by Crippen LogP contribution is 2.32. The molecule has 0 aliphatic carbocycles. The van der Waals surface area contributed by atoms with E-state index in [1.165, 1.54) is 11.1 Å². The quantitative estimate of drug-likeness (QED) is 0.154. The molecule has 262 valence electrons. The van der Waals surface area contributed by atoms with Crippen LogP contribution in [0.25, 0.3) is 101 Å². The largest absolute Gasteiger partial charge is 0.254 e. The highest BCUT2D eigenvalue weighted by molar-refractivity contribution is 6.03. The molecule has 5 heteroatoms. The lowest BCUT2D eigenvalue weighted by Gasteiger charge is -2.10. The predicted molar refractivity (Wildman–Crippen MR) is 228 cm³/mol. The molecule has 3 aromatic heterocycles. The van der Waals surface area contributed by atoms with Crippen LogP contribution in [0, 0.1) is 0 Å². The highest BCUT2D eigenvalue weighted by atomic mass is 15.0. The second kappa shape index (κ2) is 14.3. The fourth-order valence-electron chi connectivity index (χ4n) is 7.18. The maximum atomic E-state index is 5.03. The van der Waals surface area contributed by atoms with E-state index in [4.69, 9.17) is 19.9 Å². The van der Waals surface area contributed by atoms with Crippen LogP contribution in [0.3, 0.4) is 0 Å².